The van der Waals surface area contributed by atoms with Gasteiger partial charge in [0.05, 0.1) is 19.0 Å². The van der Waals surface area contributed by atoms with E-state index in [2.05, 4.69) is 10.3 Å². The van der Waals surface area contributed by atoms with Crippen molar-refractivity contribution in [2.45, 2.75) is 31.8 Å². The zero-order valence-corrected chi connectivity index (χ0v) is 12.9. The molecular formula is C17H20N4O2. The number of imidazole rings is 1. The standard InChI is InChI=1S/C17H20N4O2/c22-17(19-14-3-4-16-13(10-14)5-9-23-16)21-7-1-2-15(21)11-20-8-6-18-12-20/h3-4,6,8,10,12,15H,1-2,5,7,9,11H2,(H,19,22)/t15-/m1/s1. The second kappa shape index (κ2) is 5.95. The Morgan fingerprint density at radius 3 is 3.26 bits per heavy atom. The molecular weight excluding hydrogens is 292 g/mol. The van der Waals surface area contributed by atoms with Gasteiger partial charge >= 0.3 is 6.03 Å². The number of anilines is 1. The first-order chi connectivity index (χ1) is 11.3. The highest BCUT2D eigenvalue weighted by Gasteiger charge is 2.29. The number of amides is 2. The molecule has 0 saturated carbocycles. The Hall–Kier alpha value is -2.50. The molecule has 2 aliphatic rings. The smallest absolute Gasteiger partial charge is 0.322 e. The van der Waals surface area contributed by atoms with E-state index in [1.165, 1.54) is 5.56 Å². The SMILES string of the molecule is O=C(Nc1ccc2c(c1)CCO2)N1CCC[C@@H]1Cn1ccnc1. The van der Waals surface area contributed by atoms with Crippen molar-refractivity contribution in [3.8, 4) is 5.75 Å². The lowest BCUT2D eigenvalue weighted by Crippen LogP contribution is -2.40. The number of fused-ring (bicyclic) bond motifs is 1. The molecule has 1 aromatic carbocycles. The van der Waals surface area contributed by atoms with Crippen molar-refractivity contribution in [3.05, 3.63) is 42.5 Å². The molecule has 1 aromatic heterocycles. The molecule has 4 rings (SSSR count). The monoisotopic (exact) mass is 312 g/mol. The van der Waals surface area contributed by atoms with E-state index in [-0.39, 0.29) is 12.1 Å². The molecule has 1 saturated heterocycles. The number of ether oxygens (including phenoxy) is 1. The molecule has 3 heterocycles. The molecule has 120 valence electrons. The molecule has 6 heteroatoms. The van der Waals surface area contributed by atoms with Gasteiger partial charge in [0.1, 0.15) is 5.75 Å². The van der Waals surface area contributed by atoms with Crippen molar-refractivity contribution >= 4 is 11.7 Å². The molecule has 1 atom stereocenters. The van der Waals surface area contributed by atoms with Gasteiger partial charge < -0.3 is 19.5 Å². The summed E-state index contributed by atoms with van der Waals surface area (Å²) in [5, 5.41) is 3.03. The molecule has 0 spiro atoms. The summed E-state index contributed by atoms with van der Waals surface area (Å²) >= 11 is 0. The van der Waals surface area contributed by atoms with Crippen LogP contribution in [0.2, 0.25) is 0 Å². The molecule has 0 radical (unpaired) electrons. The summed E-state index contributed by atoms with van der Waals surface area (Å²) in [5.41, 5.74) is 2.01. The highest BCUT2D eigenvalue weighted by Crippen LogP contribution is 2.28. The number of aromatic nitrogens is 2. The number of benzene rings is 1. The van der Waals surface area contributed by atoms with E-state index in [9.17, 15) is 4.79 Å². The Bertz CT molecular complexity index is 699. The number of nitrogens with one attached hydrogen (secondary N) is 1. The highest BCUT2D eigenvalue weighted by molar-refractivity contribution is 5.90. The summed E-state index contributed by atoms with van der Waals surface area (Å²) in [7, 11) is 0. The van der Waals surface area contributed by atoms with Crippen LogP contribution >= 0.6 is 0 Å². The molecule has 0 unspecified atom stereocenters. The van der Waals surface area contributed by atoms with Gasteiger partial charge in [0.25, 0.3) is 0 Å². The summed E-state index contributed by atoms with van der Waals surface area (Å²) in [5.74, 6) is 0.933. The van der Waals surface area contributed by atoms with Crippen LogP contribution in [0.3, 0.4) is 0 Å². The van der Waals surface area contributed by atoms with Gasteiger partial charge in [-0.15, -0.1) is 0 Å². The molecule has 2 amide bonds. The van der Waals surface area contributed by atoms with Gasteiger partial charge in [-0.25, -0.2) is 9.78 Å². The van der Waals surface area contributed by atoms with Crippen LogP contribution in [-0.4, -0.2) is 39.7 Å². The van der Waals surface area contributed by atoms with Crippen molar-refractivity contribution in [3.63, 3.8) is 0 Å². The van der Waals surface area contributed by atoms with Gasteiger partial charge in [-0.2, -0.15) is 0 Å². The first-order valence-electron chi connectivity index (χ1n) is 8.09. The molecule has 0 bridgehead atoms. The van der Waals surface area contributed by atoms with Crippen molar-refractivity contribution in [1.82, 2.24) is 14.5 Å². The van der Waals surface area contributed by atoms with Crippen molar-refractivity contribution in [2.75, 3.05) is 18.5 Å². The number of carbonyl (C=O) groups is 1. The summed E-state index contributed by atoms with van der Waals surface area (Å²) in [6.45, 7) is 2.33. The molecule has 0 aliphatic carbocycles. The Labute approximate surface area is 135 Å². The maximum Gasteiger partial charge on any atom is 0.322 e. The zero-order valence-electron chi connectivity index (χ0n) is 12.9. The van der Waals surface area contributed by atoms with E-state index < -0.39 is 0 Å². The number of hydrogen-bond donors (Lipinski definition) is 1. The normalized spacial score (nSPS) is 19.5. The minimum atomic E-state index is -0.0218. The molecule has 2 aliphatic heterocycles. The van der Waals surface area contributed by atoms with Crippen molar-refractivity contribution in [2.24, 2.45) is 0 Å². The van der Waals surface area contributed by atoms with E-state index in [1.807, 2.05) is 33.9 Å². The summed E-state index contributed by atoms with van der Waals surface area (Å²) in [6.07, 6.45) is 8.50. The number of rotatable bonds is 3. The van der Waals surface area contributed by atoms with Crippen LogP contribution < -0.4 is 10.1 Å². The van der Waals surface area contributed by atoms with Crippen LogP contribution in [-0.2, 0) is 13.0 Å². The molecule has 6 nitrogen and oxygen atoms in total. The van der Waals surface area contributed by atoms with Gasteiger partial charge in [-0.1, -0.05) is 0 Å². The fourth-order valence-electron chi connectivity index (χ4n) is 3.39. The Balaban J connectivity index is 1.43. The highest BCUT2D eigenvalue weighted by atomic mass is 16.5. The topological polar surface area (TPSA) is 59.4 Å². The van der Waals surface area contributed by atoms with E-state index in [1.54, 1.807) is 12.5 Å². The van der Waals surface area contributed by atoms with Crippen LogP contribution in [0.4, 0.5) is 10.5 Å². The van der Waals surface area contributed by atoms with Crippen LogP contribution in [0.1, 0.15) is 18.4 Å². The van der Waals surface area contributed by atoms with Gasteiger partial charge in [0.2, 0.25) is 0 Å². The number of nitrogens with zero attached hydrogens (tertiary/aromatic N) is 3. The average Bonchev–Trinajstić information content (AvgIpc) is 3.28. The quantitative estimate of drug-likeness (QED) is 0.947. The number of carbonyl (C=O) groups excluding carboxylic acids is 1. The Morgan fingerprint density at radius 2 is 2.39 bits per heavy atom. The minimum absolute atomic E-state index is 0.0218. The van der Waals surface area contributed by atoms with Crippen LogP contribution in [0.5, 0.6) is 5.75 Å². The van der Waals surface area contributed by atoms with Crippen LogP contribution in [0, 0.1) is 0 Å². The largest absolute Gasteiger partial charge is 0.493 e. The first-order valence-corrected chi connectivity index (χ1v) is 8.09. The van der Waals surface area contributed by atoms with Gasteiger partial charge in [-0.05, 0) is 36.6 Å². The van der Waals surface area contributed by atoms with E-state index in [4.69, 9.17) is 4.74 Å². The fourth-order valence-corrected chi connectivity index (χ4v) is 3.39. The second-order valence-electron chi connectivity index (χ2n) is 6.10. The third-order valence-electron chi connectivity index (χ3n) is 4.56. The molecule has 1 N–H and O–H groups in total. The number of urea groups is 1. The van der Waals surface area contributed by atoms with E-state index >= 15 is 0 Å². The summed E-state index contributed by atoms with van der Waals surface area (Å²) in [6, 6.07) is 6.06. The predicted octanol–water partition coefficient (Wildman–Crippen LogP) is 2.51. The van der Waals surface area contributed by atoms with E-state index in [0.717, 1.165) is 50.4 Å². The van der Waals surface area contributed by atoms with E-state index in [0.29, 0.717) is 0 Å². The summed E-state index contributed by atoms with van der Waals surface area (Å²) < 4.78 is 7.53. The zero-order chi connectivity index (χ0) is 15.6. The Kier molecular flexibility index (Phi) is 3.65. The fraction of sp³-hybridized carbons (Fsp3) is 0.412. The predicted molar refractivity (Wildman–Crippen MR) is 86.6 cm³/mol. The molecule has 23 heavy (non-hydrogen) atoms. The number of likely N-dealkylation sites (tertiary alicyclic amines) is 1. The van der Waals surface area contributed by atoms with Crippen molar-refractivity contribution < 1.29 is 9.53 Å². The third-order valence-corrected chi connectivity index (χ3v) is 4.56. The molecule has 1 fully saturated rings. The second-order valence-corrected chi connectivity index (χ2v) is 6.10. The van der Waals surface area contributed by atoms with Crippen molar-refractivity contribution in [1.29, 1.82) is 0 Å². The lowest BCUT2D eigenvalue weighted by molar-refractivity contribution is 0.201. The maximum atomic E-state index is 12.6. The van der Waals surface area contributed by atoms with Gasteiger partial charge in [0.15, 0.2) is 0 Å². The first kappa shape index (κ1) is 14.1. The minimum Gasteiger partial charge on any atom is -0.493 e. The summed E-state index contributed by atoms with van der Waals surface area (Å²) in [4.78, 5) is 18.6. The maximum absolute atomic E-state index is 12.6. The third kappa shape index (κ3) is 2.88. The number of hydrogen-bond acceptors (Lipinski definition) is 3. The lowest BCUT2D eigenvalue weighted by atomic mass is 10.1. The van der Waals surface area contributed by atoms with Gasteiger partial charge in [-0.3, -0.25) is 0 Å². The molecule has 2 aromatic rings. The van der Waals surface area contributed by atoms with Crippen LogP contribution in [0.25, 0.3) is 0 Å². The average molecular weight is 312 g/mol. The van der Waals surface area contributed by atoms with Crippen LogP contribution in [0.15, 0.2) is 36.9 Å². The lowest BCUT2D eigenvalue weighted by Gasteiger charge is -2.25. The van der Waals surface area contributed by atoms with Gasteiger partial charge in [0, 0.05) is 37.6 Å². The Morgan fingerprint density at radius 1 is 1.43 bits per heavy atom.